The van der Waals surface area contributed by atoms with Crippen molar-refractivity contribution in [1.29, 1.82) is 0 Å². The molecule has 1 amide bonds. The second-order valence-electron chi connectivity index (χ2n) is 3.73. The number of hydrogen-bond donors (Lipinski definition) is 2. The molecule has 0 aliphatic carbocycles. The third kappa shape index (κ3) is 2.74. The summed E-state index contributed by atoms with van der Waals surface area (Å²) in [6, 6.07) is 8.08. The van der Waals surface area contributed by atoms with E-state index in [0.29, 0.717) is 17.2 Å². The molecule has 98 valence electrons. The fourth-order valence-electron chi connectivity index (χ4n) is 1.49. The van der Waals surface area contributed by atoms with Crippen molar-refractivity contribution in [1.82, 2.24) is 4.98 Å². The molecule has 6 nitrogen and oxygen atoms in total. The van der Waals surface area contributed by atoms with Crippen molar-refractivity contribution < 1.29 is 14.3 Å². The summed E-state index contributed by atoms with van der Waals surface area (Å²) in [7, 11) is 1.53. The predicted octanol–water partition coefficient (Wildman–Crippen LogP) is 1.56. The van der Waals surface area contributed by atoms with Gasteiger partial charge in [0, 0.05) is 12.3 Å². The van der Waals surface area contributed by atoms with Gasteiger partial charge in [-0.2, -0.15) is 0 Å². The molecule has 0 aliphatic heterocycles. The molecule has 0 fully saturated rings. The number of benzene rings is 1. The number of carbonyl (C=O) groups excluding carboxylic acids is 1. The third-order valence-corrected chi connectivity index (χ3v) is 2.46. The van der Waals surface area contributed by atoms with Gasteiger partial charge in [-0.1, -0.05) is 0 Å². The molecule has 0 saturated heterocycles. The van der Waals surface area contributed by atoms with Crippen molar-refractivity contribution in [2.24, 2.45) is 5.73 Å². The number of nitrogens with two attached hydrogens (primary N) is 2. The van der Waals surface area contributed by atoms with Crippen LogP contribution in [0.2, 0.25) is 0 Å². The van der Waals surface area contributed by atoms with Gasteiger partial charge in [-0.3, -0.25) is 4.79 Å². The molecule has 0 unspecified atom stereocenters. The molecule has 2 aromatic rings. The minimum atomic E-state index is -0.621. The van der Waals surface area contributed by atoms with Gasteiger partial charge in [0.05, 0.1) is 12.8 Å². The number of methoxy groups -OCH3 is 1. The van der Waals surface area contributed by atoms with Crippen LogP contribution in [0.25, 0.3) is 0 Å². The van der Waals surface area contributed by atoms with E-state index in [4.69, 9.17) is 20.9 Å². The summed E-state index contributed by atoms with van der Waals surface area (Å²) in [4.78, 5) is 15.2. The number of ether oxygens (including phenoxy) is 2. The van der Waals surface area contributed by atoms with Crippen LogP contribution in [0.5, 0.6) is 17.4 Å². The highest BCUT2D eigenvalue weighted by molar-refractivity contribution is 5.95. The second kappa shape index (κ2) is 5.26. The van der Waals surface area contributed by atoms with Crippen LogP contribution in [0.4, 0.5) is 5.69 Å². The summed E-state index contributed by atoms with van der Waals surface area (Å²) in [5, 5.41) is 0. The third-order valence-electron chi connectivity index (χ3n) is 2.46. The van der Waals surface area contributed by atoms with E-state index in [1.807, 2.05) is 0 Å². The molecule has 0 saturated carbocycles. The van der Waals surface area contributed by atoms with Crippen LogP contribution in [0, 0.1) is 0 Å². The average molecular weight is 259 g/mol. The van der Waals surface area contributed by atoms with Gasteiger partial charge in [-0.15, -0.1) is 0 Å². The molecule has 0 bridgehead atoms. The van der Waals surface area contributed by atoms with E-state index in [-0.39, 0.29) is 11.4 Å². The van der Waals surface area contributed by atoms with Crippen LogP contribution in [0.15, 0.2) is 36.5 Å². The lowest BCUT2D eigenvalue weighted by atomic mass is 10.2. The van der Waals surface area contributed by atoms with Crippen molar-refractivity contribution in [3.8, 4) is 17.4 Å². The van der Waals surface area contributed by atoms with Crippen molar-refractivity contribution in [2.75, 3.05) is 12.8 Å². The number of hydrogen-bond acceptors (Lipinski definition) is 5. The van der Waals surface area contributed by atoms with Gasteiger partial charge in [0.25, 0.3) is 5.91 Å². The molecule has 1 aromatic heterocycles. The first-order valence-electron chi connectivity index (χ1n) is 5.48. The SMILES string of the molecule is COc1ccc(N)c(Oc2ncccc2C(N)=O)c1. The number of pyridine rings is 1. The lowest BCUT2D eigenvalue weighted by molar-refractivity contribution is 0.0997. The Balaban J connectivity index is 2.38. The minimum Gasteiger partial charge on any atom is -0.497 e. The number of rotatable bonds is 4. The topological polar surface area (TPSA) is 100 Å². The van der Waals surface area contributed by atoms with Gasteiger partial charge in [-0.25, -0.2) is 4.98 Å². The molecule has 6 heteroatoms. The Hall–Kier alpha value is -2.76. The van der Waals surface area contributed by atoms with Crippen molar-refractivity contribution >= 4 is 11.6 Å². The van der Waals surface area contributed by atoms with Gasteiger partial charge in [-0.05, 0) is 24.3 Å². The van der Waals surface area contributed by atoms with Crippen LogP contribution < -0.4 is 20.9 Å². The van der Waals surface area contributed by atoms with Crippen LogP contribution in [-0.4, -0.2) is 18.0 Å². The summed E-state index contributed by atoms with van der Waals surface area (Å²) in [5.74, 6) is 0.417. The molecular formula is C13H13N3O3. The number of aromatic nitrogens is 1. The summed E-state index contributed by atoms with van der Waals surface area (Å²) in [6.07, 6.45) is 1.50. The first-order valence-corrected chi connectivity index (χ1v) is 5.48. The summed E-state index contributed by atoms with van der Waals surface area (Å²) >= 11 is 0. The van der Waals surface area contributed by atoms with Crippen LogP contribution in [-0.2, 0) is 0 Å². The lowest BCUT2D eigenvalue weighted by Crippen LogP contribution is -2.13. The van der Waals surface area contributed by atoms with Crippen LogP contribution in [0.1, 0.15) is 10.4 Å². The number of anilines is 1. The van der Waals surface area contributed by atoms with E-state index in [1.54, 1.807) is 24.3 Å². The highest BCUT2D eigenvalue weighted by Crippen LogP contribution is 2.31. The maximum Gasteiger partial charge on any atom is 0.254 e. The van der Waals surface area contributed by atoms with Gasteiger partial charge in [0.1, 0.15) is 11.3 Å². The number of nitrogens with zero attached hydrogens (tertiary/aromatic N) is 1. The monoisotopic (exact) mass is 259 g/mol. The number of primary amides is 1. The minimum absolute atomic E-state index is 0.106. The molecule has 0 spiro atoms. The molecular weight excluding hydrogens is 246 g/mol. The van der Waals surface area contributed by atoms with E-state index in [2.05, 4.69) is 4.98 Å². The maximum atomic E-state index is 11.3. The lowest BCUT2D eigenvalue weighted by Gasteiger charge is -2.11. The Morgan fingerprint density at radius 1 is 1.32 bits per heavy atom. The van der Waals surface area contributed by atoms with Gasteiger partial charge in [0.2, 0.25) is 5.88 Å². The molecule has 0 atom stereocenters. The highest BCUT2D eigenvalue weighted by atomic mass is 16.5. The predicted molar refractivity (Wildman–Crippen MR) is 70.2 cm³/mol. The number of amides is 1. The fourth-order valence-corrected chi connectivity index (χ4v) is 1.49. The highest BCUT2D eigenvalue weighted by Gasteiger charge is 2.12. The molecule has 4 N–H and O–H groups in total. The van der Waals surface area contributed by atoms with E-state index < -0.39 is 5.91 Å². The quantitative estimate of drug-likeness (QED) is 0.811. The summed E-state index contributed by atoms with van der Waals surface area (Å²) < 4.78 is 10.6. The molecule has 2 rings (SSSR count). The van der Waals surface area contributed by atoms with Crippen LogP contribution >= 0.6 is 0 Å². The second-order valence-corrected chi connectivity index (χ2v) is 3.73. The molecule has 1 aromatic carbocycles. The number of nitrogen functional groups attached to an aromatic ring is 1. The first kappa shape index (κ1) is 12.7. The first-order chi connectivity index (χ1) is 9.11. The van der Waals surface area contributed by atoms with E-state index in [1.165, 1.54) is 19.4 Å². The number of carbonyl (C=O) groups is 1. The molecule has 0 radical (unpaired) electrons. The fraction of sp³-hybridized carbons (Fsp3) is 0.0769. The normalized spacial score (nSPS) is 9.95. The largest absolute Gasteiger partial charge is 0.497 e. The van der Waals surface area contributed by atoms with Crippen molar-refractivity contribution in [3.63, 3.8) is 0 Å². The van der Waals surface area contributed by atoms with Gasteiger partial charge in [0.15, 0.2) is 5.75 Å². The molecule has 19 heavy (non-hydrogen) atoms. The zero-order chi connectivity index (χ0) is 13.8. The van der Waals surface area contributed by atoms with Crippen molar-refractivity contribution in [3.05, 3.63) is 42.1 Å². The Kier molecular flexibility index (Phi) is 3.51. The Morgan fingerprint density at radius 3 is 2.79 bits per heavy atom. The van der Waals surface area contributed by atoms with Crippen LogP contribution in [0.3, 0.4) is 0 Å². The van der Waals surface area contributed by atoms with E-state index >= 15 is 0 Å². The summed E-state index contributed by atoms with van der Waals surface area (Å²) in [6.45, 7) is 0. The Bertz CT molecular complexity index is 614. The Morgan fingerprint density at radius 2 is 2.11 bits per heavy atom. The maximum absolute atomic E-state index is 11.3. The summed E-state index contributed by atoms with van der Waals surface area (Å²) in [5.41, 5.74) is 11.6. The van der Waals surface area contributed by atoms with Gasteiger partial charge >= 0.3 is 0 Å². The molecule has 1 heterocycles. The molecule has 0 aliphatic rings. The zero-order valence-electron chi connectivity index (χ0n) is 10.3. The Labute approximate surface area is 110 Å². The van der Waals surface area contributed by atoms with E-state index in [0.717, 1.165) is 0 Å². The van der Waals surface area contributed by atoms with Gasteiger partial charge < -0.3 is 20.9 Å². The standard InChI is InChI=1S/C13H13N3O3/c1-18-8-4-5-10(14)11(7-8)19-13-9(12(15)17)3-2-6-16-13/h2-7H,14H2,1H3,(H2,15,17). The van der Waals surface area contributed by atoms with Crippen molar-refractivity contribution in [2.45, 2.75) is 0 Å². The average Bonchev–Trinajstić information content (AvgIpc) is 2.41. The van der Waals surface area contributed by atoms with E-state index in [9.17, 15) is 4.79 Å². The smallest absolute Gasteiger partial charge is 0.254 e. The zero-order valence-corrected chi connectivity index (χ0v) is 10.3.